The zero-order valence-corrected chi connectivity index (χ0v) is 8.47. The van der Waals surface area contributed by atoms with Gasteiger partial charge < -0.3 is 4.90 Å². The van der Waals surface area contributed by atoms with Crippen molar-refractivity contribution in [3.05, 3.63) is 0 Å². The summed E-state index contributed by atoms with van der Waals surface area (Å²) in [6.07, 6.45) is 2.95. The van der Waals surface area contributed by atoms with Crippen molar-refractivity contribution in [2.45, 2.75) is 19.3 Å². The number of rotatable bonds is 3. The van der Waals surface area contributed by atoms with Crippen LogP contribution in [0.4, 0.5) is 0 Å². The number of carbonyl (C=O) groups excluding carboxylic acids is 1. The first-order valence-corrected chi connectivity index (χ1v) is 4.86. The number of carbonyl (C=O) groups is 1. The molecule has 1 heterocycles. The van der Waals surface area contributed by atoms with E-state index in [1.807, 2.05) is 0 Å². The van der Waals surface area contributed by atoms with Gasteiger partial charge in [-0.15, -0.1) is 0 Å². The van der Waals surface area contributed by atoms with Gasteiger partial charge in [0.1, 0.15) is 0 Å². The fourth-order valence-electron chi connectivity index (χ4n) is 1.72. The maximum absolute atomic E-state index is 11.2. The molecule has 76 valence electrons. The molecule has 1 amide bonds. The maximum atomic E-state index is 11.2. The van der Waals surface area contributed by atoms with E-state index in [1.54, 1.807) is 7.05 Å². The second kappa shape index (κ2) is 5.19. The Bertz CT molecular complexity index is 164. The van der Waals surface area contributed by atoms with Crippen LogP contribution >= 0.6 is 0 Å². The van der Waals surface area contributed by atoms with Gasteiger partial charge in [0.05, 0.1) is 0 Å². The Morgan fingerprint density at radius 1 is 1.46 bits per heavy atom. The highest BCUT2D eigenvalue weighted by atomic mass is 16.2. The number of nitrogens with one attached hydrogen (secondary N) is 2. The summed E-state index contributed by atoms with van der Waals surface area (Å²) in [7, 11) is 3.84. The Balaban J connectivity index is 2.18. The van der Waals surface area contributed by atoms with Crippen LogP contribution in [0, 0.1) is 5.92 Å². The van der Waals surface area contributed by atoms with Crippen molar-refractivity contribution < 1.29 is 4.79 Å². The van der Waals surface area contributed by atoms with Gasteiger partial charge in [-0.1, -0.05) is 0 Å². The van der Waals surface area contributed by atoms with E-state index >= 15 is 0 Å². The second-order valence-electron chi connectivity index (χ2n) is 3.75. The summed E-state index contributed by atoms with van der Waals surface area (Å²) in [5.41, 5.74) is 5.26. The summed E-state index contributed by atoms with van der Waals surface area (Å²) >= 11 is 0. The SMILES string of the molecule is CNNC(=O)CC1CCN(C)CC1. The number of nitrogens with zero attached hydrogens (tertiary/aromatic N) is 1. The standard InChI is InChI=1S/C9H19N3O/c1-10-11-9(13)7-8-3-5-12(2)6-4-8/h8,10H,3-7H2,1-2H3,(H,11,13). The number of hydrogen-bond donors (Lipinski definition) is 2. The molecule has 1 aliphatic heterocycles. The van der Waals surface area contributed by atoms with Crippen molar-refractivity contribution in [2.75, 3.05) is 27.2 Å². The molecule has 0 aromatic heterocycles. The van der Waals surface area contributed by atoms with E-state index in [1.165, 1.54) is 0 Å². The highest BCUT2D eigenvalue weighted by molar-refractivity contribution is 5.75. The fraction of sp³-hybridized carbons (Fsp3) is 0.889. The molecule has 4 heteroatoms. The van der Waals surface area contributed by atoms with Gasteiger partial charge >= 0.3 is 0 Å². The molecule has 1 rings (SSSR count). The molecule has 2 N–H and O–H groups in total. The quantitative estimate of drug-likeness (QED) is 0.607. The summed E-state index contributed by atoms with van der Waals surface area (Å²) in [6.45, 7) is 2.25. The first kappa shape index (κ1) is 10.5. The summed E-state index contributed by atoms with van der Waals surface area (Å²) in [4.78, 5) is 13.5. The van der Waals surface area contributed by atoms with E-state index < -0.39 is 0 Å². The van der Waals surface area contributed by atoms with Crippen molar-refractivity contribution in [3.63, 3.8) is 0 Å². The van der Waals surface area contributed by atoms with Crippen LogP contribution in [0.15, 0.2) is 0 Å². The summed E-state index contributed by atoms with van der Waals surface area (Å²) in [6, 6.07) is 0. The van der Waals surface area contributed by atoms with Gasteiger partial charge in [0.25, 0.3) is 0 Å². The Labute approximate surface area is 79.6 Å². The van der Waals surface area contributed by atoms with Crippen LogP contribution in [-0.4, -0.2) is 38.0 Å². The summed E-state index contributed by atoms with van der Waals surface area (Å²) in [5, 5.41) is 0. The smallest absolute Gasteiger partial charge is 0.234 e. The van der Waals surface area contributed by atoms with E-state index in [9.17, 15) is 4.79 Å². The zero-order chi connectivity index (χ0) is 9.68. The van der Waals surface area contributed by atoms with Gasteiger partial charge in [0, 0.05) is 13.5 Å². The molecule has 0 radical (unpaired) electrons. The van der Waals surface area contributed by atoms with Crippen LogP contribution < -0.4 is 10.9 Å². The molecule has 0 saturated carbocycles. The Hall–Kier alpha value is -0.610. The van der Waals surface area contributed by atoms with Crippen molar-refractivity contribution in [2.24, 2.45) is 5.92 Å². The fourth-order valence-corrected chi connectivity index (χ4v) is 1.72. The van der Waals surface area contributed by atoms with Crippen molar-refractivity contribution in [3.8, 4) is 0 Å². The van der Waals surface area contributed by atoms with E-state index in [4.69, 9.17) is 0 Å². The summed E-state index contributed by atoms with van der Waals surface area (Å²) in [5.74, 6) is 0.682. The molecule has 0 spiro atoms. The lowest BCUT2D eigenvalue weighted by Crippen LogP contribution is -2.37. The van der Waals surface area contributed by atoms with Gasteiger partial charge in [0.15, 0.2) is 0 Å². The molecule has 4 nitrogen and oxygen atoms in total. The van der Waals surface area contributed by atoms with E-state index in [0.29, 0.717) is 12.3 Å². The highest BCUT2D eigenvalue weighted by Gasteiger charge is 2.18. The molecule has 1 saturated heterocycles. The molecule has 0 unspecified atom stereocenters. The third-order valence-corrected chi connectivity index (χ3v) is 2.58. The number of likely N-dealkylation sites (tertiary alicyclic amines) is 1. The van der Waals surface area contributed by atoms with E-state index in [0.717, 1.165) is 25.9 Å². The lowest BCUT2D eigenvalue weighted by Gasteiger charge is -2.28. The van der Waals surface area contributed by atoms with Crippen LogP contribution in [0.3, 0.4) is 0 Å². The molecule has 0 bridgehead atoms. The van der Waals surface area contributed by atoms with E-state index in [-0.39, 0.29) is 5.91 Å². The van der Waals surface area contributed by atoms with Crippen molar-refractivity contribution in [1.29, 1.82) is 0 Å². The lowest BCUT2D eigenvalue weighted by atomic mass is 9.94. The Kier molecular flexibility index (Phi) is 4.18. The first-order valence-electron chi connectivity index (χ1n) is 4.86. The molecular formula is C9H19N3O. The molecule has 0 aromatic carbocycles. The molecule has 0 atom stereocenters. The van der Waals surface area contributed by atoms with Crippen LogP contribution in [0.5, 0.6) is 0 Å². The van der Waals surface area contributed by atoms with E-state index in [2.05, 4.69) is 22.8 Å². The minimum atomic E-state index is 0.108. The van der Waals surface area contributed by atoms with Crippen molar-refractivity contribution in [1.82, 2.24) is 15.8 Å². The van der Waals surface area contributed by atoms with Gasteiger partial charge in [-0.25, -0.2) is 5.43 Å². The number of hydrogen-bond acceptors (Lipinski definition) is 3. The number of piperidine rings is 1. The van der Waals surface area contributed by atoms with Crippen LogP contribution in [0.1, 0.15) is 19.3 Å². The third kappa shape index (κ3) is 3.74. The number of amides is 1. The van der Waals surface area contributed by atoms with Gasteiger partial charge in [0.2, 0.25) is 5.91 Å². The van der Waals surface area contributed by atoms with Gasteiger partial charge in [-0.3, -0.25) is 10.2 Å². The van der Waals surface area contributed by atoms with Gasteiger partial charge in [-0.05, 0) is 38.9 Å². The van der Waals surface area contributed by atoms with Gasteiger partial charge in [-0.2, -0.15) is 0 Å². The highest BCUT2D eigenvalue weighted by Crippen LogP contribution is 2.18. The maximum Gasteiger partial charge on any atom is 0.234 e. The minimum Gasteiger partial charge on any atom is -0.306 e. The minimum absolute atomic E-state index is 0.108. The summed E-state index contributed by atoms with van der Waals surface area (Å²) < 4.78 is 0. The second-order valence-corrected chi connectivity index (χ2v) is 3.75. The predicted octanol–water partition coefficient (Wildman–Crippen LogP) is -0.0311. The third-order valence-electron chi connectivity index (χ3n) is 2.58. The first-order chi connectivity index (χ1) is 6.22. The van der Waals surface area contributed by atoms with Crippen LogP contribution in [0.2, 0.25) is 0 Å². The molecule has 1 fully saturated rings. The lowest BCUT2D eigenvalue weighted by molar-refractivity contribution is -0.123. The molecule has 0 aromatic rings. The van der Waals surface area contributed by atoms with Crippen LogP contribution in [-0.2, 0) is 4.79 Å². The average Bonchev–Trinajstić information content (AvgIpc) is 2.09. The molecule has 0 aliphatic carbocycles. The van der Waals surface area contributed by atoms with Crippen molar-refractivity contribution >= 4 is 5.91 Å². The monoisotopic (exact) mass is 185 g/mol. The Morgan fingerprint density at radius 2 is 2.08 bits per heavy atom. The number of hydrazine groups is 1. The zero-order valence-electron chi connectivity index (χ0n) is 8.47. The topological polar surface area (TPSA) is 44.4 Å². The normalized spacial score (nSPS) is 20.2. The van der Waals surface area contributed by atoms with Crippen LogP contribution in [0.25, 0.3) is 0 Å². The molecule has 13 heavy (non-hydrogen) atoms. The molecular weight excluding hydrogens is 166 g/mol. The largest absolute Gasteiger partial charge is 0.306 e. The molecule has 1 aliphatic rings. The average molecular weight is 185 g/mol. The Morgan fingerprint density at radius 3 is 2.62 bits per heavy atom. The predicted molar refractivity (Wildman–Crippen MR) is 52.0 cm³/mol.